The Labute approximate surface area is 154 Å². The van der Waals surface area contributed by atoms with Crippen LogP contribution in [0.2, 0.25) is 0 Å². The first-order valence-electron chi connectivity index (χ1n) is 8.66. The van der Waals surface area contributed by atoms with Gasteiger partial charge in [-0.2, -0.15) is 0 Å². The summed E-state index contributed by atoms with van der Waals surface area (Å²) in [6, 6.07) is 16.4. The third-order valence-corrected chi connectivity index (χ3v) is 5.21. The first-order chi connectivity index (χ1) is 12.5. The predicted octanol–water partition coefficient (Wildman–Crippen LogP) is 2.12. The largest absolute Gasteiger partial charge is 0.467 e. The maximum atomic E-state index is 13.3. The number of benzene rings is 2. The zero-order valence-corrected chi connectivity index (χ0v) is 15.4. The SMILES string of the molecule is COC(=O)[C@@H](NC(=O)C1(N(C)C)Cc2ccccc2C1)c1ccccc1. The second-order valence-electron chi connectivity index (χ2n) is 6.89. The number of likely N-dealkylation sites (N-methyl/N-ethyl adjacent to an activating group) is 1. The fraction of sp³-hybridized carbons (Fsp3) is 0.333. The number of esters is 1. The van der Waals surface area contributed by atoms with Crippen LogP contribution in [0, 0.1) is 0 Å². The molecule has 0 radical (unpaired) electrons. The van der Waals surface area contributed by atoms with Crippen LogP contribution in [-0.2, 0) is 27.2 Å². The van der Waals surface area contributed by atoms with Crippen LogP contribution in [0.5, 0.6) is 0 Å². The third-order valence-electron chi connectivity index (χ3n) is 5.21. The lowest BCUT2D eigenvalue weighted by Crippen LogP contribution is -2.58. The molecule has 0 saturated carbocycles. The van der Waals surface area contributed by atoms with Gasteiger partial charge in [0.1, 0.15) is 5.54 Å². The molecule has 0 heterocycles. The zero-order chi connectivity index (χ0) is 18.7. The molecule has 0 aliphatic heterocycles. The van der Waals surface area contributed by atoms with Crippen LogP contribution < -0.4 is 5.32 Å². The van der Waals surface area contributed by atoms with Crippen molar-refractivity contribution >= 4 is 11.9 Å². The number of fused-ring (bicyclic) bond motifs is 1. The van der Waals surface area contributed by atoms with Gasteiger partial charge in [0.25, 0.3) is 0 Å². The summed E-state index contributed by atoms with van der Waals surface area (Å²) >= 11 is 0. The summed E-state index contributed by atoms with van der Waals surface area (Å²) in [7, 11) is 5.14. The Kier molecular flexibility index (Phi) is 5.09. The van der Waals surface area contributed by atoms with E-state index in [2.05, 4.69) is 17.4 Å². The summed E-state index contributed by atoms with van der Waals surface area (Å²) in [6.07, 6.45) is 1.23. The van der Waals surface area contributed by atoms with Crippen LogP contribution in [0.15, 0.2) is 54.6 Å². The van der Waals surface area contributed by atoms with Gasteiger partial charge in [-0.25, -0.2) is 4.79 Å². The monoisotopic (exact) mass is 352 g/mol. The number of hydrogen-bond acceptors (Lipinski definition) is 4. The van der Waals surface area contributed by atoms with Crippen molar-refractivity contribution in [2.45, 2.75) is 24.4 Å². The standard InChI is InChI=1S/C21H24N2O3/c1-23(2)21(13-16-11-7-8-12-17(16)14-21)20(25)22-18(19(24)26-3)15-9-5-4-6-10-15/h4-12,18H,13-14H2,1-3H3,(H,22,25)/t18-/m0/s1. The molecule has 1 N–H and O–H groups in total. The van der Waals surface area contributed by atoms with Crippen LogP contribution in [0.25, 0.3) is 0 Å². The summed E-state index contributed by atoms with van der Waals surface area (Å²) < 4.78 is 4.92. The second kappa shape index (κ2) is 7.30. The topological polar surface area (TPSA) is 58.6 Å². The molecule has 0 spiro atoms. The first kappa shape index (κ1) is 18.1. The van der Waals surface area contributed by atoms with E-state index in [1.165, 1.54) is 18.2 Å². The maximum Gasteiger partial charge on any atom is 0.333 e. The molecule has 0 aromatic heterocycles. The molecular formula is C21H24N2O3. The van der Waals surface area contributed by atoms with E-state index < -0.39 is 17.6 Å². The molecule has 2 aromatic carbocycles. The molecule has 3 rings (SSSR count). The van der Waals surface area contributed by atoms with Crippen molar-refractivity contribution in [2.24, 2.45) is 0 Å². The molecule has 0 bridgehead atoms. The van der Waals surface area contributed by atoms with Crippen molar-refractivity contribution in [3.8, 4) is 0 Å². The van der Waals surface area contributed by atoms with Crippen LogP contribution >= 0.6 is 0 Å². The Morgan fingerprint density at radius 3 is 2.04 bits per heavy atom. The zero-order valence-electron chi connectivity index (χ0n) is 15.4. The molecule has 1 amide bonds. The van der Waals surface area contributed by atoms with Gasteiger partial charge in [0.05, 0.1) is 7.11 Å². The van der Waals surface area contributed by atoms with E-state index in [1.54, 1.807) is 0 Å². The van der Waals surface area contributed by atoms with Crippen molar-refractivity contribution < 1.29 is 14.3 Å². The second-order valence-corrected chi connectivity index (χ2v) is 6.89. The van der Waals surface area contributed by atoms with Gasteiger partial charge in [0.15, 0.2) is 6.04 Å². The van der Waals surface area contributed by atoms with Gasteiger partial charge < -0.3 is 10.1 Å². The van der Waals surface area contributed by atoms with Crippen molar-refractivity contribution in [2.75, 3.05) is 21.2 Å². The van der Waals surface area contributed by atoms with Gasteiger partial charge in [-0.1, -0.05) is 54.6 Å². The lowest BCUT2D eigenvalue weighted by atomic mass is 9.92. The molecule has 5 nitrogen and oxygen atoms in total. The van der Waals surface area contributed by atoms with E-state index in [1.807, 2.05) is 61.5 Å². The lowest BCUT2D eigenvalue weighted by Gasteiger charge is -2.35. The van der Waals surface area contributed by atoms with E-state index >= 15 is 0 Å². The molecule has 0 unspecified atom stereocenters. The minimum atomic E-state index is -0.825. The normalized spacial score (nSPS) is 16.0. The van der Waals surface area contributed by atoms with Gasteiger partial charge in [0.2, 0.25) is 5.91 Å². The molecular weight excluding hydrogens is 328 g/mol. The number of amides is 1. The van der Waals surface area contributed by atoms with Gasteiger partial charge in [-0.3, -0.25) is 9.69 Å². The van der Waals surface area contributed by atoms with Crippen LogP contribution in [0.4, 0.5) is 0 Å². The number of methoxy groups -OCH3 is 1. The molecule has 2 aromatic rings. The van der Waals surface area contributed by atoms with E-state index in [-0.39, 0.29) is 5.91 Å². The summed E-state index contributed by atoms with van der Waals surface area (Å²) in [5.41, 5.74) is 2.33. The van der Waals surface area contributed by atoms with Gasteiger partial charge in [-0.05, 0) is 30.8 Å². The predicted molar refractivity (Wildman–Crippen MR) is 99.6 cm³/mol. The Morgan fingerprint density at radius 2 is 1.54 bits per heavy atom. The molecule has 5 heteroatoms. The highest BCUT2D eigenvalue weighted by Crippen LogP contribution is 2.34. The van der Waals surface area contributed by atoms with Crippen molar-refractivity contribution in [3.63, 3.8) is 0 Å². The molecule has 1 atom stereocenters. The quantitative estimate of drug-likeness (QED) is 0.838. The first-order valence-corrected chi connectivity index (χ1v) is 8.66. The van der Waals surface area contributed by atoms with Gasteiger partial charge in [0, 0.05) is 12.8 Å². The number of nitrogens with one attached hydrogen (secondary N) is 1. The summed E-state index contributed by atoms with van der Waals surface area (Å²) in [6.45, 7) is 0. The Bertz CT molecular complexity index is 777. The van der Waals surface area contributed by atoms with E-state index in [9.17, 15) is 9.59 Å². The van der Waals surface area contributed by atoms with Crippen molar-refractivity contribution in [3.05, 3.63) is 71.3 Å². The molecule has 0 fully saturated rings. The van der Waals surface area contributed by atoms with E-state index in [0.717, 1.165) is 0 Å². The van der Waals surface area contributed by atoms with E-state index in [4.69, 9.17) is 4.74 Å². The van der Waals surface area contributed by atoms with Crippen LogP contribution in [-0.4, -0.2) is 43.5 Å². The molecule has 26 heavy (non-hydrogen) atoms. The highest BCUT2D eigenvalue weighted by atomic mass is 16.5. The van der Waals surface area contributed by atoms with Crippen LogP contribution in [0.1, 0.15) is 22.7 Å². The molecule has 1 aliphatic carbocycles. The number of carbonyl (C=O) groups excluding carboxylic acids is 2. The van der Waals surface area contributed by atoms with Gasteiger partial charge in [-0.15, -0.1) is 0 Å². The van der Waals surface area contributed by atoms with Crippen LogP contribution in [0.3, 0.4) is 0 Å². The Hall–Kier alpha value is -2.66. The third kappa shape index (κ3) is 3.22. The number of nitrogens with zero attached hydrogens (tertiary/aromatic N) is 1. The molecule has 1 aliphatic rings. The van der Waals surface area contributed by atoms with Gasteiger partial charge >= 0.3 is 5.97 Å². The van der Waals surface area contributed by atoms with Crippen molar-refractivity contribution in [1.82, 2.24) is 10.2 Å². The minimum Gasteiger partial charge on any atom is -0.467 e. The summed E-state index contributed by atoms with van der Waals surface area (Å²) in [5, 5.41) is 2.93. The number of hydrogen-bond donors (Lipinski definition) is 1. The number of rotatable bonds is 5. The number of carbonyl (C=O) groups is 2. The maximum absolute atomic E-state index is 13.3. The van der Waals surface area contributed by atoms with Crippen molar-refractivity contribution in [1.29, 1.82) is 0 Å². The Balaban J connectivity index is 1.90. The summed E-state index contributed by atoms with van der Waals surface area (Å²) in [5.74, 6) is -0.646. The van der Waals surface area contributed by atoms with E-state index in [0.29, 0.717) is 18.4 Å². The fourth-order valence-electron chi connectivity index (χ4n) is 3.58. The lowest BCUT2D eigenvalue weighted by molar-refractivity contribution is -0.147. The minimum absolute atomic E-state index is 0.169. The highest BCUT2D eigenvalue weighted by Gasteiger charge is 2.46. The molecule has 0 saturated heterocycles. The Morgan fingerprint density at radius 1 is 1.00 bits per heavy atom. The highest BCUT2D eigenvalue weighted by molar-refractivity contribution is 5.92. The smallest absolute Gasteiger partial charge is 0.333 e. The molecule has 136 valence electrons. The average molecular weight is 352 g/mol. The number of ether oxygens (including phenoxy) is 1. The summed E-state index contributed by atoms with van der Waals surface area (Å²) in [4.78, 5) is 27.6. The fourth-order valence-corrected chi connectivity index (χ4v) is 3.58. The average Bonchev–Trinajstić information content (AvgIpc) is 3.07.